The zero-order valence-corrected chi connectivity index (χ0v) is 4.94. The minimum absolute atomic E-state index is 0.139. The van der Waals surface area contributed by atoms with E-state index in [4.69, 9.17) is 5.73 Å². The van der Waals surface area contributed by atoms with Gasteiger partial charge in [0.15, 0.2) is 5.65 Å². The Morgan fingerprint density at radius 2 is 2.30 bits per heavy atom. The maximum atomic E-state index is 5.24. The molecule has 2 aromatic rings. The number of fused-ring (bicyclic) bond motifs is 1. The molecule has 0 atom stereocenters. The van der Waals surface area contributed by atoms with Crippen LogP contribution in [0.5, 0.6) is 0 Å². The molecule has 6 heteroatoms. The van der Waals surface area contributed by atoms with E-state index in [1.165, 1.54) is 6.33 Å². The molecule has 2 heterocycles. The molecule has 3 N–H and O–H groups in total. The molecule has 50 valence electrons. The monoisotopic (exact) mass is 136 g/mol. The van der Waals surface area contributed by atoms with Gasteiger partial charge in [0.2, 0.25) is 11.6 Å². The number of aromatic amines is 1. The molecule has 0 saturated heterocycles. The lowest BCUT2D eigenvalue weighted by molar-refractivity contribution is 1.02. The molecule has 0 radical (unpaired) electrons. The number of imidazole rings is 1. The molecule has 0 amide bonds. The van der Waals surface area contributed by atoms with Crippen LogP contribution in [0.3, 0.4) is 0 Å². The fraction of sp³-hybridized carbons (Fsp3) is 0. The highest BCUT2D eigenvalue weighted by Crippen LogP contribution is 1.99. The van der Waals surface area contributed by atoms with Crippen molar-refractivity contribution in [1.82, 2.24) is 25.1 Å². The summed E-state index contributed by atoms with van der Waals surface area (Å²) >= 11 is 0. The maximum Gasteiger partial charge on any atom is 0.242 e. The van der Waals surface area contributed by atoms with Crippen molar-refractivity contribution in [2.45, 2.75) is 0 Å². The number of hydrogen-bond donors (Lipinski definition) is 2. The number of H-pyrrole nitrogens is 1. The molecule has 0 aliphatic heterocycles. The van der Waals surface area contributed by atoms with Crippen LogP contribution in [0.4, 0.5) is 5.95 Å². The predicted molar refractivity (Wildman–Crippen MR) is 33.9 cm³/mol. The quantitative estimate of drug-likeness (QED) is 0.501. The first-order valence-corrected chi connectivity index (χ1v) is 2.65. The summed E-state index contributed by atoms with van der Waals surface area (Å²) in [6, 6.07) is 0. The van der Waals surface area contributed by atoms with Crippen molar-refractivity contribution in [3.63, 3.8) is 0 Å². The van der Waals surface area contributed by atoms with Gasteiger partial charge in [-0.15, -0.1) is 10.2 Å². The highest BCUT2D eigenvalue weighted by atomic mass is 15.2. The third-order valence-electron chi connectivity index (χ3n) is 1.07. The summed E-state index contributed by atoms with van der Waals surface area (Å²) in [5.74, 6) is 0.139. The van der Waals surface area contributed by atoms with E-state index in [-0.39, 0.29) is 5.95 Å². The molecule has 0 unspecified atom stereocenters. The summed E-state index contributed by atoms with van der Waals surface area (Å²) in [6.07, 6.45) is 1.49. The van der Waals surface area contributed by atoms with Gasteiger partial charge in [-0.25, -0.2) is 4.98 Å². The van der Waals surface area contributed by atoms with E-state index in [0.717, 1.165) is 0 Å². The molecule has 0 bridgehead atoms. The largest absolute Gasteiger partial charge is 0.366 e. The molecule has 0 spiro atoms. The second-order valence-electron chi connectivity index (χ2n) is 1.74. The van der Waals surface area contributed by atoms with Crippen LogP contribution in [-0.2, 0) is 0 Å². The van der Waals surface area contributed by atoms with Gasteiger partial charge in [-0.05, 0) is 0 Å². The lowest BCUT2D eigenvalue weighted by Gasteiger charge is -1.85. The molecule has 2 aromatic heterocycles. The van der Waals surface area contributed by atoms with Crippen molar-refractivity contribution in [2.24, 2.45) is 0 Å². The lowest BCUT2D eigenvalue weighted by Crippen LogP contribution is -1.96. The van der Waals surface area contributed by atoms with Crippen LogP contribution in [0.25, 0.3) is 11.3 Å². The first-order chi connectivity index (χ1) is 4.86. The van der Waals surface area contributed by atoms with Crippen molar-refractivity contribution in [2.75, 3.05) is 5.73 Å². The standard InChI is InChI=1S/C4H4N6/c5-4-8-2-3(9-10-4)7-1-6-2/h1H,(H3,5,6,7,8,9,10). The van der Waals surface area contributed by atoms with E-state index in [1.54, 1.807) is 0 Å². The minimum Gasteiger partial charge on any atom is -0.366 e. The summed E-state index contributed by atoms with van der Waals surface area (Å²) in [6.45, 7) is 0. The Balaban J connectivity index is 2.86. The van der Waals surface area contributed by atoms with E-state index in [1.807, 2.05) is 0 Å². The zero-order valence-electron chi connectivity index (χ0n) is 4.94. The average Bonchev–Trinajstić information content (AvgIpc) is 2.33. The number of rotatable bonds is 0. The van der Waals surface area contributed by atoms with E-state index >= 15 is 0 Å². The minimum atomic E-state index is 0.139. The smallest absolute Gasteiger partial charge is 0.242 e. The molecule has 0 saturated carbocycles. The lowest BCUT2D eigenvalue weighted by atomic mass is 10.7. The Kier molecular flexibility index (Phi) is 0.830. The van der Waals surface area contributed by atoms with Crippen LogP contribution < -0.4 is 5.73 Å². The fourth-order valence-electron chi connectivity index (χ4n) is 0.668. The number of anilines is 1. The average molecular weight is 136 g/mol. The van der Waals surface area contributed by atoms with Crippen LogP contribution in [0, 0.1) is 0 Å². The SMILES string of the molecule is Nc1nnc2[nH]cnc2n1. The summed E-state index contributed by atoms with van der Waals surface area (Å²) in [5, 5.41) is 7.21. The van der Waals surface area contributed by atoms with Crippen molar-refractivity contribution in [3.8, 4) is 0 Å². The van der Waals surface area contributed by atoms with E-state index in [9.17, 15) is 0 Å². The van der Waals surface area contributed by atoms with Crippen LogP contribution in [0.1, 0.15) is 0 Å². The number of hydrogen-bond acceptors (Lipinski definition) is 5. The zero-order chi connectivity index (χ0) is 6.97. The van der Waals surface area contributed by atoms with E-state index in [2.05, 4.69) is 25.1 Å². The molecule has 0 aliphatic rings. The van der Waals surface area contributed by atoms with Gasteiger partial charge >= 0.3 is 0 Å². The van der Waals surface area contributed by atoms with Crippen molar-refractivity contribution >= 4 is 17.2 Å². The molecule has 2 rings (SSSR count). The third kappa shape index (κ3) is 0.586. The molecule has 6 nitrogen and oxygen atoms in total. The summed E-state index contributed by atoms with van der Waals surface area (Å²) < 4.78 is 0. The van der Waals surface area contributed by atoms with Crippen LogP contribution in [-0.4, -0.2) is 25.1 Å². The Labute approximate surface area is 55.5 Å². The van der Waals surface area contributed by atoms with Crippen LogP contribution in [0.2, 0.25) is 0 Å². The Bertz CT molecular complexity index is 351. The van der Waals surface area contributed by atoms with Gasteiger partial charge in [0, 0.05) is 0 Å². The van der Waals surface area contributed by atoms with Gasteiger partial charge in [-0.1, -0.05) is 0 Å². The number of nitrogens with two attached hydrogens (primary N) is 1. The topological polar surface area (TPSA) is 93.4 Å². The second-order valence-corrected chi connectivity index (χ2v) is 1.74. The third-order valence-corrected chi connectivity index (χ3v) is 1.07. The number of nitrogens with zero attached hydrogens (tertiary/aromatic N) is 4. The van der Waals surface area contributed by atoms with Gasteiger partial charge in [0.1, 0.15) is 0 Å². The molecular weight excluding hydrogens is 132 g/mol. The number of aromatic nitrogens is 5. The van der Waals surface area contributed by atoms with Gasteiger partial charge in [-0.2, -0.15) is 4.98 Å². The van der Waals surface area contributed by atoms with Crippen molar-refractivity contribution < 1.29 is 0 Å². The van der Waals surface area contributed by atoms with Gasteiger partial charge in [0.05, 0.1) is 6.33 Å². The molecule has 10 heavy (non-hydrogen) atoms. The van der Waals surface area contributed by atoms with Crippen LogP contribution >= 0.6 is 0 Å². The van der Waals surface area contributed by atoms with E-state index in [0.29, 0.717) is 11.3 Å². The van der Waals surface area contributed by atoms with Crippen molar-refractivity contribution in [3.05, 3.63) is 6.33 Å². The normalized spacial score (nSPS) is 10.4. The molecule has 0 aromatic carbocycles. The first-order valence-electron chi connectivity index (χ1n) is 2.65. The Hall–Kier alpha value is -1.72. The summed E-state index contributed by atoms with van der Waals surface area (Å²) in [4.78, 5) is 10.4. The molecule has 0 fully saturated rings. The van der Waals surface area contributed by atoms with Gasteiger partial charge in [0.25, 0.3) is 0 Å². The molecular formula is C4H4N6. The van der Waals surface area contributed by atoms with Crippen molar-refractivity contribution in [1.29, 1.82) is 0 Å². The second kappa shape index (κ2) is 1.63. The Morgan fingerprint density at radius 3 is 3.20 bits per heavy atom. The number of nitrogen functional groups attached to an aromatic ring is 1. The van der Waals surface area contributed by atoms with E-state index < -0.39 is 0 Å². The number of nitrogens with one attached hydrogen (secondary N) is 1. The Morgan fingerprint density at radius 1 is 1.40 bits per heavy atom. The van der Waals surface area contributed by atoms with Gasteiger partial charge < -0.3 is 10.7 Å². The summed E-state index contributed by atoms with van der Waals surface area (Å²) in [5.41, 5.74) is 6.29. The van der Waals surface area contributed by atoms with Gasteiger partial charge in [-0.3, -0.25) is 0 Å². The summed E-state index contributed by atoms with van der Waals surface area (Å²) in [7, 11) is 0. The predicted octanol–water partition coefficient (Wildman–Crippen LogP) is -0.670. The maximum absolute atomic E-state index is 5.24. The highest BCUT2D eigenvalue weighted by Gasteiger charge is 1.97. The fourth-order valence-corrected chi connectivity index (χ4v) is 0.668. The highest BCUT2D eigenvalue weighted by molar-refractivity contribution is 5.64. The first kappa shape index (κ1) is 5.10. The van der Waals surface area contributed by atoms with Crippen LogP contribution in [0.15, 0.2) is 6.33 Å². The molecule has 0 aliphatic carbocycles.